The first kappa shape index (κ1) is 15.7. The van der Waals surface area contributed by atoms with Gasteiger partial charge in [-0.15, -0.1) is 0 Å². The predicted octanol–water partition coefficient (Wildman–Crippen LogP) is 0.0135. The van der Waals surface area contributed by atoms with Crippen molar-refractivity contribution in [3.05, 3.63) is 33.2 Å². The van der Waals surface area contributed by atoms with Crippen molar-refractivity contribution in [2.45, 2.75) is 45.4 Å². The number of rotatable bonds is 3. The van der Waals surface area contributed by atoms with Crippen LogP contribution >= 0.6 is 0 Å². The van der Waals surface area contributed by atoms with Gasteiger partial charge < -0.3 is 20.4 Å². The number of aromatic nitrogens is 1. The predicted molar refractivity (Wildman–Crippen MR) is 83.2 cm³/mol. The molecule has 23 heavy (non-hydrogen) atoms. The Bertz CT molecular complexity index is 712. The number of ether oxygens (including phenoxy) is 1. The average Bonchev–Trinajstić information content (AvgIpc) is 2.85. The number of nitrogens with one attached hydrogen (secondary N) is 3. The summed E-state index contributed by atoms with van der Waals surface area (Å²) in [6.07, 6.45) is 0.788. The third kappa shape index (κ3) is 2.76. The van der Waals surface area contributed by atoms with Crippen LogP contribution in [0.5, 0.6) is 0 Å². The third-order valence-corrected chi connectivity index (χ3v) is 4.63. The average molecular weight is 319 g/mol. The molecule has 4 atom stereocenters. The van der Waals surface area contributed by atoms with Crippen molar-refractivity contribution in [1.82, 2.24) is 15.6 Å². The molecule has 1 aliphatic heterocycles. The second-order valence-electron chi connectivity index (χ2n) is 6.33. The highest BCUT2D eigenvalue weighted by Crippen LogP contribution is 2.39. The number of carbonyl (C=O) groups excluding carboxylic acids is 2. The van der Waals surface area contributed by atoms with E-state index < -0.39 is 5.91 Å². The Balaban J connectivity index is 1.79. The van der Waals surface area contributed by atoms with Crippen molar-refractivity contribution >= 4 is 11.8 Å². The van der Waals surface area contributed by atoms with Gasteiger partial charge >= 0.3 is 0 Å². The fourth-order valence-electron chi connectivity index (χ4n) is 3.66. The normalized spacial score (nSPS) is 28.7. The van der Waals surface area contributed by atoms with Crippen LogP contribution in [0.15, 0.2) is 10.9 Å². The molecule has 3 rings (SSSR count). The van der Waals surface area contributed by atoms with Crippen molar-refractivity contribution in [2.24, 2.45) is 5.92 Å². The van der Waals surface area contributed by atoms with Crippen LogP contribution in [-0.2, 0) is 9.53 Å². The summed E-state index contributed by atoms with van der Waals surface area (Å²) >= 11 is 0. The number of aryl methyl sites for hydroxylation is 2. The summed E-state index contributed by atoms with van der Waals surface area (Å²) in [5.74, 6) is -0.386. The van der Waals surface area contributed by atoms with E-state index >= 15 is 0 Å². The molecule has 0 unspecified atom stereocenters. The maximum Gasteiger partial charge on any atom is 0.257 e. The van der Waals surface area contributed by atoms with Crippen molar-refractivity contribution in [1.29, 1.82) is 0 Å². The molecular weight excluding hydrogens is 298 g/mol. The van der Waals surface area contributed by atoms with E-state index in [0.29, 0.717) is 18.0 Å². The molecule has 0 radical (unpaired) electrons. The number of fused-ring (bicyclic) bond motifs is 1. The fourth-order valence-corrected chi connectivity index (χ4v) is 3.66. The lowest BCUT2D eigenvalue weighted by molar-refractivity contribution is -0.123. The first-order valence-corrected chi connectivity index (χ1v) is 7.78. The van der Waals surface area contributed by atoms with E-state index in [9.17, 15) is 14.4 Å². The molecule has 1 saturated carbocycles. The van der Waals surface area contributed by atoms with Crippen LogP contribution in [0.4, 0.5) is 0 Å². The molecule has 2 amide bonds. The van der Waals surface area contributed by atoms with Crippen molar-refractivity contribution < 1.29 is 14.3 Å². The Hall–Kier alpha value is -2.15. The summed E-state index contributed by atoms with van der Waals surface area (Å²) in [6.45, 7) is 5.55. The van der Waals surface area contributed by atoms with Gasteiger partial charge in [0, 0.05) is 36.9 Å². The minimum atomic E-state index is -0.408. The van der Waals surface area contributed by atoms with Crippen molar-refractivity contribution in [3.63, 3.8) is 0 Å². The zero-order chi connectivity index (χ0) is 16.7. The molecule has 0 bridgehead atoms. The zero-order valence-corrected chi connectivity index (χ0v) is 13.4. The van der Waals surface area contributed by atoms with Crippen molar-refractivity contribution in [3.8, 4) is 0 Å². The summed E-state index contributed by atoms with van der Waals surface area (Å²) in [5.41, 5.74) is 1.08. The maximum atomic E-state index is 12.5. The molecule has 2 fully saturated rings. The summed E-state index contributed by atoms with van der Waals surface area (Å²) < 4.78 is 5.61. The van der Waals surface area contributed by atoms with E-state index in [-0.39, 0.29) is 41.0 Å². The van der Waals surface area contributed by atoms with E-state index in [1.807, 2.05) is 0 Å². The summed E-state index contributed by atoms with van der Waals surface area (Å²) in [7, 11) is 0. The highest BCUT2D eigenvalue weighted by Gasteiger charge is 2.55. The van der Waals surface area contributed by atoms with Crippen LogP contribution < -0.4 is 16.1 Å². The standard InChI is InChI=1S/C16H21N3O4/c1-7-6-11(21)12(8(2)17-7)16(22)19-13-10-4-5-23-15(10)14(13)18-9(3)20/h6,10,13-15H,4-5H2,1-3H3,(H,17,21)(H,18,20)(H,19,22)/t10-,13+,14-,15-/m1/s1. The van der Waals surface area contributed by atoms with E-state index in [2.05, 4.69) is 15.6 Å². The van der Waals surface area contributed by atoms with Gasteiger partial charge in [-0.3, -0.25) is 14.4 Å². The topological polar surface area (TPSA) is 100 Å². The van der Waals surface area contributed by atoms with Gasteiger partial charge in [0.15, 0.2) is 5.43 Å². The zero-order valence-electron chi connectivity index (χ0n) is 13.4. The molecule has 7 heteroatoms. The number of hydrogen-bond acceptors (Lipinski definition) is 4. The van der Waals surface area contributed by atoms with Gasteiger partial charge in [0.2, 0.25) is 5.91 Å². The van der Waals surface area contributed by atoms with E-state index in [1.54, 1.807) is 13.8 Å². The summed E-state index contributed by atoms with van der Waals surface area (Å²) in [5, 5.41) is 5.74. The smallest absolute Gasteiger partial charge is 0.257 e. The molecule has 3 N–H and O–H groups in total. The van der Waals surface area contributed by atoms with Crippen LogP contribution in [0.1, 0.15) is 35.1 Å². The van der Waals surface area contributed by atoms with Gasteiger partial charge in [-0.2, -0.15) is 0 Å². The molecule has 7 nitrogen and oxygen atoms in total. The van der Waals surface area contributed by atoms with E-state index in [4.69, 9.17) is 4.74 Å². The van der Waals surface area contributed by atoms with Crippen LogP contribution in [0.2, 0.25) is 0 Å². The van der Waals surface area contributed by atoms with Gasteiger partial charge in [-0.25, -0.2) is 0 Å². The quantitative estimate of drug-likeness (QED) is 0.731. The Morgan fingerprint density at radius 2 is 2.00 bits per heavy atom. The van der Waals surface area contributed by atoms with E-state index in [1.165, 1.54) is 13.0 Å². The van der Waals surface area contributed by atoms with Crippen LogP contribution in [0.3, 0.4) is 0 Å². The number of aromatic amines is 1. The van der Waals surface area contributed by atoms with Crippen molar-refractivity contribution in [2.75, 3.05) is 6.61 Å². The first-order chi connectivity index (χ1) is 10.9. The number of hydrogen-bond donors (Lipinski definition) is 3. The van der Waals surface area contributed by atoms with Gasteiger partial charge in [-0.1, -0.05) is 0 Å². The second-order valence-corrected chi connectivity index (χ2v) is 6.33. The molecule has 2 heterocycles. The number of carbonyl (C=O) groups is 2. The Labute approximate surface area is 133 Å². The second kappa shape index (κ2) is 5.81. The molecule has 0 aromatic carbocycles. The summed E-state index contributed by atoms with van der Waals surface area (Å²) in [4.78, 5) is 39.0. The monoisotopic (exact) mass is 319 g/mol. The maximum absolute atomic E-state index is 12.5. The van der Waals surface area contributed by atoms with Gasteiger partial charge in [0.25, 0.3) is 5.91 Å². The lowest BCUT2D eigenvalue weighted by atomic mass is 9.71. The SMILES string of the molecule is CC(=O)N[C@@H]1[C@@H](NC(=O)c2c(C)[nH]c(C)cc2=O)[C@H]2CCO[C@H]21. The highest BCUT2D eigenvalue weighted by atomic mass is 16.5. The molecule has 1 aromatic rings. The molecule has 1 aliphatic carbocycles. The van der Waals surface area contributed by atoms with Gasteiger partial charge in [0.05, 0.1) is 18.2 Å². The van der Waals surface area contributed by atoms with Crippen LogP contribution in [-0.4, -0.2) is 41.6 Å². The fraction of sp³-hybridized carbons (Fsp3) is 0.562. The lowest BCUT2D eigenvalue weighted by Crippen LogP contribution is -2.71. The summed E-state index contributed by atoms with van der Waals surface area (Å²) in [6, 6.07) is 0.961. The Morgan fingerprint density at radius 1 is 1.26 bits per heavy atom. The van der Waals surface area contributed by atoms with Gasteiger partial charge in [0.1, 0.15) is 5.56 Å². The third-order valence-electron chi connectivity index (χ3n) is 4.63. The Morgan fingerprint density at radius 3 is 2.65 bits per heavy atom. The molecular formula is C16H21N3O4. The van der Waals surface area contributed by atoms with Crippen LogP contribution in [0, 0.1) is 19.8 Å². The number of amides is 2. The minimum absolute atomic E-state index is 0.0541. The molecule has 0 spiro atoms. The number of H-pyrrole nitrogens is 1. The molecule has 1 aromatic heterocycles. The number of pyridine rings is 1. The van der Waals surface area contributed by atoms with E-state index in [0.717, 1.165) is 6.42 Å². The molecule has 124 valence electrons. The van der Waals surface area contributed by atoms with Crippen LogP contribution in [0.25, 0.3) is 0 Å². The first-order valence-electron chi connectivity index (χ1n) is 7.78. The van der Waals surface area contributed by atoms with Gasteiger partial charge in [-0.05, 0) is 20.3 Å². The lowest BCUT2D eigenvalue weighted by Gasteiger charge is -2.47. The molecule has 2 aliphatic rings. The highest BCUT2D eigenvalue weighted by molar-refractivity contribution is 5.95. The molecule has 1 saturated heterocycles. The Kier molecular flexibility index (Phi) is 3.97. The largest absolute Gasteiger partial charge is 0.376 e. The minimum Gasteiger partial charge on any atom is -0.376 e.